The Kier molecular flexibility index (Phi) is 6.87. The number of imidazole rings is 1. The van der Waals surface area contributed by atoms with Crippen LogP contribution in [0, 0.1) is 0 Å². The minimum absolute atomic E-state index is 0.245. The van der Waals surface area contributed by atoms with Crippen LogP contribution in [-0.2, 0) is 4.79 Å². The summed E-state index contributed by atoms with van der Waals surface area (Å²) in [6, 6.07) is 23.6. The Morgan fingerprint density at radius 2 is 1.78 bits per heavy atom. The third-order valence-corrected chi connectivity index (χ3v) is 5.71. The van der Waals surface area contributed by atoms with Crippen molar-refractivity contribution in [1.82, 2.24) is 15.3 Å². The largest absolute Gasteiger partial charge is 0.340 e. The Labute approximate surface area is 190 Å². The van der Waals surface area contributed by atoms with Crippen LogP contribution >= 0.6 is 11.8 Å². The third-order valence-electron chi connectivity index (χ3n) is 5.06. The van der Waals surface area contributed by atoms with Gasteiger partial charge in [-0.25, -0.2) is 4.98 Å². The van der Waals surface area contributed by atoms with E-state index in [0.717, 1.165) is 28.2 Å². The number of fused-ring (bicyclic) bond motifs is 1. The van der Waals surface area contributed by atoms with Gasteiger partial charge in [-0.2, -0.15) is 11.8 Å². The number of hydrogen-bond acceptors (Lipinski definition) is 4. The summed E-state index contributed by atoms with van der Waals surface area (Å²) in [6.07, 6.45) is 2.51. The topological polar surface area (TPSA) is 86.9 Å². The molecule has 32 heavy (non-hydrogen) atoms. The van der Waals surface area contributed by atoms with Crippen molar-refractivity contribution in [3.8, 4) is 11.4 Å². The van der Waals surface area contributed by atoms with Crippen molar-refractivity contribution in [2.24, 2.45) is 0 Å². The molecule has 0 bridgehead atoms. The van der Waals surface area contributed by atoms with Gasteiger partial charge in [-0.1, -0.05) is 42.5 Å². The smallest absolute Gasteiger partial charge is 0.251 e. The van der Waals surface area contributed by atoms with Crippen molar-refractivity contribution in [3.05, 3.63) is 84.4 Å². The second-order valence-electron chi connectivity index (χ2n) is 7.35. The van der Waals surface area contributed by atoms with Crippen LogP contribution < -0.4 is 10.6 Å². The van der Waals surface area contributed by atoms with Crippen molar-refractivity contribution in [1.29, 1.82) is 0 Å². The van der Waals surface area contributed by atoms with Crippen LogP contribution in [0.3, 0.4) is 0 Å². The molecule has 0 saturated carbocycles. The molecule has 2 amide bonds. The molecule has 0 aliphatic rings. The van der Waals surface area contributed by atoms with Gasteiger partial charge in [0, 0.05) is 16.8 Å². The van der Waals surface area contributed by atoms with Crippen molar-refractivity contribution in [2.45, 2.75) is 12.5 Å². The zero-order chi connectivity index (χ0) is 22.3. The van der Waals surface area contributed by atoms with Gasteiger partial charge in [-0.15, -0.1) is 0 Å². The number of aromatic nitrogens is 2. The molecule has 0 aliphatic heterocycles. The van der Waals surface area contributed by atoms with Gasteiger partial charge in [-0.05, 0) is 54.8 Å². The van der Waals surface area contributed by atoms with E-state index < -0.39 is 6.04 Å². The van der Waals surface area contributed by atoms with Crippen LogP contribution in [0.1, 0.15) is 16.8 Å². The summed E-state index contributed by atoms with van der Waals surface area (Å²) >= 11 is 1.63. The molecule has 1 atom stereocenters. The summed E-state index contributed by atoms with van der Waals surface area (Å²) in [5.41, 5.74) is 3.89. The summed E-state index contributed by atoms with van der Waals surface area (Å²) in [7, 11) is 0. The van der Waals surface area contributed by atoms with E-state index in [9.17, 15) is 9.59 Å². The van der Waals surface area contributed by atoms with Crippen LogP contribution in [0.15, 0.2) is 78.9 Å². The maximum absolute atomic E-state index is 13.0. The van der Waals surface area contributed by atoms with Crippen molar-refractivity contribution < 1.29 is 9.59 Å². The molecule has 3 N–H and O–H groups in total. The molecule has 0 fully saturated rings. The number of hydrogen-bond donors (Lipinski definition) is 3. The predicted octanol–water partition coefficient (Wildman–Crippen LogP) is 4.72. The highest BCUT2D eigenvalue weighted by molar-refractivity contribution is 7.98. The summed E-state index contributed by atoms with van der Waals surface area (Å²) in [6.45, 7) is 0. The number of para-hydroxylation sites is 2. The van der Waals surface area contributed by atoms with Gasteiger partial charge < -0.3 is 15.6 Å². The van der Waals surface area contributed by atoms with Gasteiger partial charge in [0.15, 0.2) is 0 Å². The SMILES string of the molecule is CSCCC(NC(=O)c1ccccc1)C(=O)Nc1cccc(-c2nc3ccccc3[nH]2)c1. The van der Waals surface area contributed by atoms with Crippen molar-refractivity contribution >= 4 is 40.3 Å². The van der Waals surface area contributed by atoms with E-state index in [1.807, 2.05) is 60.9 Å². The minimum Gasteiger partial charge on any atom is -0.340 e. The van der Waals surface area contributed by atoms with E-state index >= 15 is 0 Å². The first kappa shape index (κ1) is 21.6. The number of H-pyrrole nitrogens is 1. The van der Waals surface area contributed by atoms with Gasteiger partial charge in [0.05, 0.1) is 11.0 Å². The highest BCUT2D eigenvalue weighted by Crippen LogP contribution is 2.23. The zero-order valence-electron chi connectivity index (χ0n) is 17.7. The summed E-state index contributed by atoms with van der Waals surface area (Å²) in [4.78, 5) is 33.5. The molecule has 4 aromatic rings. The van der Waals surface area contributed by atoms with E-state index in [0.29, 0.717) is 17.7 Å². The van der Waals surface area contributed by atoms with Crippen LogP contribution in [0.2, 0.25) is 0 Å². The highest BCUT2D eigenvalue weighted by Gasteiger charge is 2.21. The number of benzene rings is 3. The first-order valence-corrected chi connectivity index (χ1v) is 11.7. The molecule has 1 aromatic heterocycles. The normalized spacial score (nSPS) is 11.8. The molecule has 0 radical (unpaired) electrons. The van der Waals surface area contributed by atoms with Crippen LogP contribution in [-0.4, -0.2) is 39.8 Å². The quantitative estimate of drug-likeness (QED) is 0.367. The Balaban J connectivity index is 1.50. The fraction of sp³-hybridized carbons (Fsp3) is 0.160. The Bertz CT molecular complexity index is 1190. The van der Waals surface area contributed by atoms with E-state index in [4.69, 9.17) is 0 Å². The van der Waals surface area contributed by atoms with Gasteiger partial charge in [-0.3, -0.25) is 9.59 Å². The number of thioether (sulfide) groups is 1. The second-order valence-corrected chi connectivity index (χ2v) is 8.33. The average Bonchev–Trinajstić information content (AvgIpc) is 3.27. The molecule has 0 saturated heterocycles. The van der Waals surface area contributed by atoms with Crippen molar-refractivity contribution in [2.75, 3.05) is 17.3 Å². The number of nitrogens with one attached hydrogen (secondary N) is 3. The molecule has 162 valence electrons. The maximum atomic E-state index is 13.0. The number of amides is 2. The minimum atomic E-state index is -0.634. The summed E-state index contributed by atoms with van der Waals surface area (Å²) < 4.78 is 0. The molecule has 6 nitrogen and oxygen atoms in total. The first-order chi connectivity index (χ1) is 15.6. The lowest BCUT2D eigenvalue weighted by atomic mass is 10.1. The maximum Gasteiger partial charge on any atom is 0.251 e. The van der Waals surface area contributed by atoms with Gasteiger partial charge >= 0.3 is 0 Å². The van der Waals surface area contributed by atoms with Crippen LogP contribution in [0.4, 0.5) is 5.69 Å². The van der Waals surface area contributed by atoms with E-state index in [1.54, 1.807) is 36.0 Å². The first-order valence-electron chi connectivity index (χ1n) is 10.3. The summed E-state index contributed by atoms with van der Waals surface area (Å²) in [5, 5.41) is 5.82. The molecular formula is C25H24N4O2S. The Hall–Kier alpha value is -3.58. The van der Waals surface area contributed by atoms with Crippen LogP contribution in [0.25, 0.3) is 22.4 Å². The fourth-order valence-corrected chi connectivity index (χ4v) is 3.87. The number of nitrogens with zero attached hydrogens (tertiary/aromatic N) is 1. The molecule has 0 aliphatic carbocycles. The lowest BCUT2D eigenvalue weighted by Crippen LogP contribution is -2.44. The number of carbonyl (C=O) groups excluding carboxylic acids is 2. The highest BCUT2D eigenvalue weighted by atomic mass is 32.2. The monoisotopic (exact) mass is 444 g/mol. The molecule has 0 spiro atoms. The number of carbonyl (C=O) groups is 2. The van der Waals surface area contributed by atoms with Crippen LogP contribution in [0.5, 0.6) is 0 Å². The van der Waals surface area contributed by atoms with Gasteiger partial charge in [0.2, 0.25) is 5.91 Å². The predicted molar refractivity (Wildman–Crippen MR) is 131 cm³/mol. The fourth-order valence-electron chi connectivity index (χ4n) is 3.40. The molecule has 3 aromatic carbocycles. The average molecular weight is 445 g/mol. The number of aromatic amines is 1. The number of rotatable bonds is 8. The Morgan fingerprint density at radius 1 is 1.00 bits per heavy atom. The van der Waals surface area contributed by atoms with E-state index in [-0.39, 0.29) is 11.8 Å². The summed E-state index contributed by atoms with van der Waals surface area (Å²) in [5.74, 6) is 0.984. The van der Waals surface area contributed by atoms with Gasteiger partial charge in [0.25, 0.3) is 5.91 Å². The molecule has 1 unspecified atom stereocenters. The zero-order valence-corrected chi connectivity index (χ0v) is 18.5. The van der Waals surface area contributed by atoms with E-state index in [1.165, 1.54) is 0 Å². The third kappa shape index (κ3) is 5.18. The lowest BCUT2D eigenvalue weighted by Gasteiger charge is -2.18. The molecular weight excluding hydrogens is 420 g/mol. The standard InChI is InChI=1S/C25H24N4O2S/c1-32-15-14-22(29-24(30)17-8-3-2-4-9-17)25(31)26-19-11-7-10-18(16-19)23-27-20-12-5-6-13-21(20)28-23/h2-13,16,22H,14-15H2,1H3,(H,26,31)(H,27,28)(H,29,30). The van der Waals surface area contributed by atoms with Gasteiger partial charge in [0.1, 0.15) is 11.9 Å². The number of anilines is 1. The molecule has 7 heteroatoms. The Morgan fingerprint density at radius 3 is 2.56 bits per heavy atom. The lowest BCUT2D eigenvalue weighted by molar-refractivity contribution is -0.118. The van der Waals surface area contributed by atoms with Crippen molar-refractivity contribution in [3.63, 3.8) is 0 Å². The molecule has 4 rings (SSSR count). The van der Waals surface area contributed by atoms with E-state index in [2.05, 4.69) is 20.6 Å². The molecule has 1 heterocycles. The second kappa shape index (κ2) is 10.2.